The number of nitrogens with one attached hydrogen (secondary N) is 2. The minimum Gasteiger partial charge on any atom is -0.352 e. The van der Waals surface area contributed by atoms with Crippen LogP contribution in [0.4, 0.5) is 10.1 Å². The van der Waals surface area contributed by atoms with Gasteiger partial charge in [-0.3, -0.25) is 19.5 Å². The summed E-state index contributed by atoms with van der Waals surface area (Å²) in [6.07, 6.45) is 3.26. The van der Waals surface area contributed by atoms with Gasteiger partial charge in [-0.25, -0.2) is 12.8 Å². The molecule has 7 nitrogen and oxygen atoms in total. The van der Waals surface area contributed by atoms with Crippen LogP contribution in [-0.2, 0) is 16.4 Å². The molecule has 0 atom stereocenters. The number of carbonyl (C=O) groups is 1. The van der Waals surface area contributed by atoms with Crippen LogP contribution in [0.25, 0.3) is 11.0 Å². The Morgan fingerprint density at radius 2 is 1.85 bits per heavy atom. The molecular formula is C23H17BrClFN4O3S. The molecule has 1 heterocycles. The number of anilines is 1. The van der Waals surface area contributed by atoms with E-state index in [1.807, 2.05) is 0 Å². The second-order valence-corrected chi connectivity index (χ2v) is 10.2. The fraction of sp³-hybridized carbons (Fsp3) is 0.0870. The van der Waals surface area contributed by atoms with E-state index >= 15 is 0 Å². The molecule has 11 heteroatoms. The number of halogens is 3. The summed E-state index contributed by atoms with van der Waals surface area (Å²) in [5.74, 6) is -0.928. The van der Waals surface area contributed by atoms with Gasteiger partial charge in [0.2, 0.25) is 0 Å². The fourth-order valence-corrected chi connectivity index (χ4v) is 5.17. The molecule has 0 aliphatic carbocycles. The molecule has 0 radical (unpaired) electrons. The van der Waals surface area contributed by atoms with Gasteiger partial charge in [0.25, 0.3) is 15.9 Å². The van der Waals surface area contributed by atoms with Crippen molar-refractivity contribution in [3.63, 3.8) is 0 Å². The summed E-state index contributed by atoms with van der Waals surface area (Å²) in [6.45, 7) is 0.214. The number of aromatic nitrogens is 2. The Bertz CT molecular complexity index is 1500. The van der Waals surface area contributed by atoms with Gasteiger partial charge in [0, 0.05) is 28.4 Å². The smallest absolute Gasteiger partial charge is 0.264 e. The first kappa shape index (κ1) is 24.1. The number of benzene rings is 3. The van der Waals surface area contributed by atoms with Crippen molar-refractivity contribution in [1.29, 1.82) is 0 Å². The van der Waals surface area contributed by atoms with Crippen LogP contribution in [0.1, 0.15) is 15.9 Å². The summed E-state index contributed by atoms with van der Waals surface area (Å²) in [4.78, 5) is 21.1. The van der Waals surface area contributed by atoms with Crippen molar-refractivity contribution < 1.29 is 17.6 Å². The number of para-hydroxylation sites is 1. The monoisotopic (exact) mass is 562 g/mol. The summed E-state index contributed by atoms with van der Waals surface area (Å²) < 4.78 is 42.7. The topological polar surface area (TPSA) is 101 Å². The lowest BCUT2D eigenvalue weighted by Crippen LogP contribution is -2.27. The second-order valence-electron chi connectivity index (χ2n) is 7.22. The minimum atomic E-state index is -4.09. The van der Waals surface area contributed by atoms with Crippen molar-refractivity contribution in [3.05, 3.63) is 93.4 Å². The van der Waals surface area contributed by atoms with Crippen molar-refractivity contribution in [3.8, 4) is 0 Å². The first-order valence-electron chi connectivity index (χ1n) is 9.99. The highest BCUT2D eigenvalue weighted by molar-refractivity contribution is 9.10. The number of rotatable bonds is 7. The van der Waals surface area contributed by atoms with Crippen LogP contribution in [0.3, 0.4) is 0 Å². The molecule has 1 aromatic heterocycles. The van der Waals surface area contributed by atoms with Gasteiger partial charge in [-0.1, -0.05) is 39.7 Å². The summed E-state index contributed by atoms with van der Waals surface area (Å²) >= 11 is 9.34. The zero-order valence-electron chi connectivity index (χ0n) is 17.4. The Kier molecular flexibility index (Phi) is 7.11. The van der Waals surface area contributed by atoms with Gasteiger partial charge < -0.3 is 5.32 Å². The van der Waals surface area contributed by atoms with E-state index < -0.39 is 21.7 Å². The van der Waals surface area contributed by atoms with Crippen LogP contribution in [-0.4, -0.2) is 30.8 Å². The van der Waals surface area contributed by atoms with Crippen LogP contribution < -0.4 is 10.0 Å². The summed E-state index contributed by atoms with van der Waals surface area (Å²) in [5, 5.41) is 3.01. The Morgan fingerprint density at radius 1 is 1.06 bits per heavy atom. The molecule has 0 unspecified atom stereocenters. The molecule has 34 heavy (non-hydrogen) atoms. The van der Waals surface area contributed by atoms with E-state index in [1.54, 1.807) is 24.3 Å². The molecule has 174 valence electrons. The highest BCUT2D eigenvalue weighted by atomic mass is 79.9. The van der Waals surface area contributed by atoms with Crippen molar-refractivity contribution in [2.75, 3.05) is 11.3 Å². The SMILES string of the molecule is O=C(NCCc1ccc(F)cc1Cl)c1ccc(Br)cc1NS(=O)(=O)c1cccc2nccnc12. The molecule has 3 aromatic carbocycles. The van der Waals surface area contributed by atoms with E-state index in [0.717, 1.165) is 0 Å². The van der Waals surface area contributed by atoms with Gasteiger partial charge in [-0.2, -0.15) is 0 Å². The normalized spacial score (nSPS) is 11.4. The maximum Gasteiger partial charge on any atom is 0.264 e. The molecule has 0 bridgehead atoms. The molecule has 0 aliphatic heterocycles. The first-order valence-corrected chi connectivity index (χ1v) is 12.6. The minimum absolute atomic E-state index is 0.0598. The van der Waals surface area contributed by atoms with Gasteiger partial charge >= 0.3 is 0 Å². The maximum absolute atomic E-state index is 13.2. The van der Waals surface area contributed by atoms with E-state index in [1.165, 1.54) is 42.7 Å². The van der Waals surface area contributed by atoms with Crippen molar-refractivity contribution in [2.45, 2.75) is 11.3 Å². The zero-order chi connectivity index (χ0) is 24.3. The third-order valence-electron chi connectivity index (χ3n) is 4.92. The molecule has 0 aliphatic rings. The predicted molar refractivity (Wildman–Crippen MR) is 132 cm³/mol. The number of hydrogen-bond donors (Lipinski definition) is 2. The van der Waals surface area contributed by atoms with Crippen LogP contribution in [0.5, 0.6) is 0 Å². The van der Waals surface area contributed by atoms with E-state index in [2.05, 4.69) is 35.9 Å². The molecule has 4 aromatic rings. The van der Waals surface area contributed by atoms with Crippen molar-refractivity contribution in [1.82, 2.24) is 15.3 Å². The highest BCUT2D eigenvalue weighted by Crippen LogP contribution is 2.27. The van der Waals surface area contributed by atoms with Crippen molar-refractivity contribution >= 4 is 60.2 Å². The Morgan fingerprint density at radius 3 is 2.65 bits per heavy atom. The Balaban J connectivity index is 1.56. The molecular weight excluding hydrogens is 547 g/mol. The number of sulfonamides is 1. The predicted octanol–water partition coefficient (Wildman–Crippen LogP) is 4.96. The summed E-state index contributed by atoms with van der Waals surface area (Å²) in [5.41, 5.74) is 1.54. The van der Waals surface area contributed by atoms with E-state index in [9.17, 15) is 17.6 Å². The molecule has 2 N–H and O–H groups in total. The molecule has 0 fully saturated rings. The van der Waals surface area contributed by atoms with E-state index in [4.69, 9.17) is 11.6 Å². The van der Waals surface area contributed by atoms with Gasteiger partial charge in [0.05, 0.1) is 16.8 Å². The molecule has 0 saturated carbocycles. The lowest BCUT2D eigenvalue weighted by atomic mass is 10.1. The first-order chi connectivity index (χ1) is 16.2. The Labute approximate surface area is 208 Å². The van der Waals surface area contributed by atoms with Crippen LogP contribution in [0, 0.1) is 5.82 Å². The number of fused-ring (bicyclic) bond motifs is 1. The molecule has 0 saturated heterocycles. The van der Waals surface area contributed by atoms with Gasteiger partial charge in [0.1, 0.15) is 16.2 Å². The lowest BCUT2D eigenvalue weighted by molar-refractivity contribution is 0.0955. The molecule has 1 amide bonds. The quantitative estimate of drug-likeness (QED) is 0.331. The van der Waals surface area contributed by atoms with E-state index in [-0.39, 0.29) is 33.2 Å². The van der Waals surface area contributed by atoms with Gasteiger partial charge in [-0.15, -0.1) is 0 Å². The number of amides is 1. The van der Waals surface area contributed by atoms with E-state index in [0.29, 0.717) is 22.0 Å². The average molecular weight is 564 g/mol. The number of hydrogen-bond acceptors (Lipinski definition) is 5. The van der Waals surface area contributed by atoms with Crippen molar-refractivity contribution in [2.24, 2.45) is 0 Å². The van der Waals surface area contributed by atoms with Crippen LogP contribution >= 0.6 is 27.5 Å². The molecule has 0 spiro atoms. The Hall–Kier alpha value is -3.08. The second kappa shape index (κ2) is 10.0. The van der Waals surface area contributed by atoms with Gasteiger partial charge in [-0.05, 0) is 54.4 Å². The molecule has 4 rings (SSSR count). The number of nitrogens with zero attached hydrogens (tertiary/aromatic N) is 2. The number of carbonyl (C=O) groups excluding carboxylic acids is 1. The standard InChI is InChI=1S/C23H17BrClFN4O3S/c24-15-5-7-17(23(31)29-9-8-14-4-6-16(26)13-18(14)25)20(12-15)30-34(32,33)21-3-1-2-19-22(21)28-11-10-27-19/h1-7,10-13,30H,8-9H2,(H,29,31). The third kappa shape index (κ3) is 5.35. The zero-order valence-corrected chi connectivity index (χ0v) is 20.6. The lowest BCUT2D eigenvalue weighted by Gasteiger charge is -2.14. The van der Waals surface area contributed by atoms with Crippen LogP contribution in [0.2, 0.25) is 5.02 Å². The maximum atomic E-state index is 13.2. The summed E-state index contributed by atoms with van der Waals surface area (Å²) in [7, 11) is -4.09. The summed E-state index contributed by atoms with van der Waals surface area (Å²) in [6, 6.07) is 13.3. The largest absolute Gasteiger partial charge is 0.352 e. The third-order valence-corrected chi connectivity index (χ3v) is 7.16. The highest BCUT2D eigenvalue weighted by Gasteiger charge is 2.22. The van der Waals surface area contributed by atoms with Gasteiger partial charge in [0.15, 0.2) is 0 Å². The van der Waals surface area contributed by atoms with Crippen LogP contribution in [0.15, 0.2) is 76.4 Å². The average Bonchev–Trinajstić information content (AvgIpc) is 2.80. The fourth-order valence-electron chi connectivity index (χ4n) is 3.31.